The summed E-state index contributed by atoms with van der Waals surface area (Å²) in [7, 11) is 1.65. The highest BCUT2D eigenvalue weighted by atomic mass is 32.2. The SMILES string of the molecule is CCOC(=O)[C@@H](CC)Sc1ncnc2c1c(-c1ccccc1)cn2-c1ccc(OC)cc1. The number of ether oxygens (including phenoxy) is 2. The molecule has 0 aliphatic rings. The summed E-state index contributed by atoms with van der Waals surface area (Å²) in [5, 5.41) is 1.35. The number of thioether (sulfide) groups is 1. The Labute approximate surface area is 191 Å². The number of methoxy groups -OCH3 is 1. The zero-order chi connectivity index (χ0) is 22.5. The van der Waals surface area contributed by atoms with Crippen LogP contribution >= 0.6 is 11.8 Å². The van der Waals surface area contributed by atoms with Crippen LogP contribution in [-0.2, 0) is 9.53 Å². The van der Waals surface area contributed by atoms with Crippen molar-refractivity contribution in [1.29, 1.82) is 0 Å². The van der Waals surface area contributed by atoms with Gasteiger partial charge < -0.3 is 14.0 Å². The second-order valence-corrected chi connectivity index (χ2v) is 8.31. The number of aromatic nitrogens is 3. The summed E-state index contributed by atoms with van der Waals surface area (Å²) in [5.74, 6) is 0.571. The van der Waals surface area contributed by atoms with Crippen LogP contribution in [0.25, 0.3) is 27.8 Å². The second-order valence-electron chi connectivity index (χ2n) is 7.12. The Morgan fingerprint density at radius 3 is 2.47 bits per heavy atom. The van der Waals surface area contributed by atoms with Crippen molar-refractivity contribution in [3.8, 4) is 22.6 Å². The number of esters is 1. The largest absolute Gasteiger partial charge is 0.497 e. The Kier molecular flexibility index (Phi) is 6.75. The molecule has 4 aromatic rings. The van der Waals surface area contributed by atoms with Gasteiger partial charge in [0, 0.05) is 17.4 Å². The number of fused-ring (bicyclic) bond motifs is 1. The van der Waals surface area contributed by atoms with Gasteiger partial charge >= 0.3 is 5.97 Å². The molecular weight excluding hydrogens is 422 g/mol. The fourth-order valence-corrected chi connectivity index (χ4v) is 4.60. The minimum absolute atomic E-state index is 0.220. The molecule has 0 spiro atoms. The summed E-state index contributed by atoms with van der Waals surface area (Å²) in [4.78, 5) is 21.6. The van der Waals surface area contributed by atoms with E-state index in [1.165, 1.54) is 11.8 Å². The number of carbonyl (C=O) groups excluding carboxylic acids is 1. The van der Waals surface area contributed by atoms with E-state index in [1.807, 2.05) is 60.9 Å². The third-order valence-electron chi connectivity index (χ3n) is 5.16. The number of rotatable bonds is 8. The quantitative estimate of drug-likeness (QED) is 0.201. The molecule has 0 unspecified atom stereocenters. The lowest BCUT2D eigenvalue weighted by Crippen LogP contribution is -2.19. The zero-order valence-electron chi connectivity index (χ0n) is 18.3. The van der Waals surface area contributed by atoms with Gasteiger partial charge in [-0.1, -0.05) is 49.0 Å². The average Bonchev–Trinajstić information content (AvgIpc) is 3.24. The fraction of sp³-hybridized carbons (Fsp3) is 0.240. The van der Waals surface area contributed by atoms with Crippen LogP contribution in [-0.4, -0.2) is 39.5 Å². The lowest BCUT2D eigenvalue weighted by Gasteiger charge is -2.13. The van der Waals surface area contributed by atoms with Crippen LogP contribution < -0.4 is 4.74 Å². The molecule has 4 rings (SSSR count). The first kappa shape index (κ1) is 21.9. The first-order valence-electron chi connectivity index (χ1n) is 10.6. The van der Waals surface area contributed by atoms with E-state index in [-0.39, 0.29) is 11.2 Å². The first-order valence-corrected chi connectivity index (χ1v) is 11.4. The van der Waals surface area contributed by atoms with Gasteiger partial charge in [-0.25, -0.2) is 9.97 Å². The molecular formula is C25H25N3O3S. The zero-order valence-corrected chi connectivity index (χ0v) is 19.1. The van der Waals surface area contributed by atoms with Gasteiger partial charge in [-0.05, 0) is 43.2 Å². The summed E-state index contributed by atoms with van der Waals surface area (Å²) in [5.41, 5.74) is 3.82. The van der Waals surface area contributed by atoms with Crippen LogP contribution in [0.1, 0.15) is 20.3 Å². The molecule has 0 fully saturated rings. The first-order chi connectivity index (χ1) is 15.7. The molecule has 6 nitrogen and oxygen atoms in total. The van der Waals surface area contributed by atoms with Crippen molar-refractivity contribution in [2.75, 3.05) is 13.7 Å². The highest BCUT2D eigenvalue weighted by Crippen LogP contribution is 2.38. The summed E-state index contributed by atoms with van der Waals surface area (Å²) in [6, 6.07) is 18.0. The third-order valence-corrected chi connectivity index (χ3v) is 6.50. The molecule has 0 radical (unpaired) electrons. The Morgan fingerprint density at radius 2 is 1.81 bits per heavy atom. The maximum Gasteiger partial charge on any atom is 0.319 e. The van der Waals surface area contributed by atoms with E-state index in [0.29, 0.717) is 13.0 Å². The molecule has 0 aliphatic carbocycles. The minimum Gasteiger partial charge on any atom is -0.497 e. The van der Waals surface area contributed by atoms with Crippen molar-refractivity contribution in [2.45, 2.75) is 30.5 Å². The van der Waals surface area contributed by atoms with Gasteiger partial charge in [0.15, 0.2) is 0 Å². The van der Waals surface area contributed by atoms with Gasteiger partial charge in [0.2, 0.25) is 0 Å². The topological polar surface area (TPSA) is 66.2 Å². The number of carbonyl (C=O) groups is 1. The fourth-order valence-electron chi connectivity index (χ4n) is 3.57. The number of nitrogens with zero attached hydrogens (tertiary/aromatic N) is 3. The predicted molar refractivity (Wildman–Crippen MR) is 127 cm³/mol. The van der Waals surface area contributed by atoms with Crippen molar-refractivity contribution in [3.05, 3.63) is 67.1 Å². The molecule has 0 saturated heterocycles. The molecule has 0 bridgehead atoms. The van der Waals surface area contributed by atoms with Crippen molar-refractivity contribution in [1.82, 2.24) is 14.5 Å². The molecule has 164 valence electrons. The normalized spacial score (nSPS) is 12.0. The van der Waals surface area contributed by atoms with E-state index in [9.17, 15) is 4.79 Å². The van der Waals surface area contributed by atoms with Crippen LogP contribution in [0.15, 0.2) is 72.1 Å². The lowest BCUT2D eigenvalue weighted by atomic mass is 10.1. The van der Waals surface area contributed by atoms with Crippen molar-refractivity contribution in [3.63, 3.8) is 0 Å². The minimum atomic E-state index is -0.332. The van der Waals surface area contributed by atoms with E-state index in [4.69, 9.17) is 9.47 Å². The predicted octanol–water partition coefficient (Wildman–Crippen LogP) is 5.53. The highest BCUT2D eigenvalue weighted by Gasteiger charge is 2.24. The van der Waals surface area contributed by atoms with Gasteiger partial charge in [-0.3, -0.25) is 4.79 Å². The molecule has 0 N–H and O–H groups in total. The maximum absolute atomic E-state index is 12.5. The highest BCUT2D eigenvalue weighted by molar-refractivity contribution is 8.00. The Balaban J connectivity index is 1.88. The van der Waals surface area contributed by atoms with Crippen LogP contribution in [0.5, 0.6) is 5.75 Å². The smallest absolute Gasteiger partial charge is 0.319 e. The Morgan fingerprint density at radius 1 is 1.06 bits per heavy atom. The number of hydrogen-bond acceptors (Lipinski definition) is 6. The molecule has 2 aromatic carbocycles. The van der Waals surface area contributed by atoms with Crippen molar-refractivity contribution < 1.29 is 14.3 Å². The molecule has 0 amide bonds. The Bertz CT molecular complexity index is 1210. The summed E-state index contributed by atoms with van der Waals surface area (Å²) >= 11 is 1.43. The van der Waals surface area contributed by atoms with Gasteiger partial charge in [-0.2, -0.15) is 0 Å². The summed E-state index contributed by atoms with van der Waals surface area (Å²) in [6.45, 7) is 4.16. The van der Waals surface area contributed by atoms with Crippen molar-refractivity contribution >= 4 is 28.8 Å². The standard InChI is InChI=1S/C25H25N3O3S/c1-4-21(25(29)31-5-2)32-24-22-20(17-9-7-6-8-10-17)15-28(23(22)26-16-27-24)18-11-13-19(30-3)14-12-18/h6-16,21H,4-5H2,1-3H3/t21-/m1/s1. The molecule has 0 saturated carbocycles. The maximum atomic E-state index is 12.5. The molecule has 32 heavy (non-hydrogen) atoms. The van der Waals surface area contributed by atoms with E-state index in [0.717, 1.165) is 38.6 Å². The van der Waals surface area contributed by atoms with Crippen molar-refractivity contribution in [2.24, 2.45) is 0 Å². The average molecular weight is 448 g/mol. The number of hydrogen-bond donors (Lipinski definition) is 0. The molecule has 1 atom stereocenters. The van der Waals surface area contributed by atoms with Crippen LogP contribution in [0.3, 0.4) is 0 Å². The van der Waals surface area contributed by atoms with Gasteiger partial charge in [0.1, 0.15) is 28.0 Å². The van der Waals surface area contributed by atoms with E-state index in [1.54, 1.807) is 13.4 Å². The molecule has 2 heterocycles. The van der Waals surface area contributed by atoms with Crippen LogP contribution in [0.4, 0.5) is 0 Å². The Hall–Kier alpha value is -3.32. The lowest BCUT2D eigenvalue weighted by molar-refractivity contribution is -0.142. The molecule has 2 aromatic heterocycles. The van der Waals surface area contributed by atoms with E-state index >= 15 is 0 Å². The molecule has 0 aliphatic heterocycles. The van der Waals surface area contributed by atoms with E-state index in [2.05, 4.69) is 28.3 Å². The second kappa shape index (κ2) is 9.87. The van der Waals surface area contributed by atoms with Gasteiger partial charge in [0.05, 0.1) is 19.1 Å². The molecule has 7 heteroatoms. The van der Waals surface area contributed by atoms with Gasteiger partial charge in [0.25, 0.3) is 0 Å². The number of benzene rings is 2. The summed E-state index contributed by atoms with van der Waals surface area (Å²) in [6.07, 6.45) is 4.28. The van der Waals surface area contributed by atoms with Gasteiger partial charge in [-0.15, -0.1) is 0 Å². The third kappa shape index (κ3) is 4.34. The monoisotopic (exact) mass is 447 g/mol. The van der Waals surface area contributed by atoms with E-state index < -0.39 is 0 Å². The van der Waals surface area contributed by atoms with Crippen LogP contribution in [0.2, 0.25) is 0 Å². The summed E-state index contributed by atoms with van der Waals surface area (Å²) < 4.78 is 12.6. The van der Waals surface area contributed by atoms with Crippen LogP contribution in [0, 0.1) is 0 Å².